The van der Waals surface area contributed by atoms with Crippen LogP contribution >= 0.6 is 0 Å². The molecule has 0 radical (unpaired) electrons. The quantitative estimate of drug-likeness (QED) is 0.629. The first-order valence-electron chi connectivity index (χ1n) is 10.6. The van der Waals surface area contributed by atoms with Crippen LogP contribution in [0.5, 0.6) is 11.5 Å². The van der Waals surface area contributed by atoms with Gasteiger partial charge in [0.05, 0.1) is 53.9 Å². The number of fused-ring (bicyclic) bond motifs is 1. The summed E-state index contributed by atoms with van der Waals surface area (Å²) in [6.45, 7) is 2.56. The maximum atomic E-state index is 12.8. The molecule has 0 fully saturated rings. The Morgan fingerprint density at radius 2 is 1.15 bits per heavy atom. The predicted octanol–water partition coefficient (Wildman–Crippen LogP) is 1.93. The molecule has 1 aromatic heterocycles. The second-order valence-electron chi connectivity index (χ2n) is 6.94. The molecule has 0 atom stereocenters. The number of methoxy groups -OCH3 is 2. The zero-order chi connectivity index (χ0) is 23.5. The molecular weight excluding hydrogens is 434 g/mol. The van der Waals surface area contributed by atoms with Gasteiger partial charge in [-0.2, -0.15) is 0 Å². The van der Waals surface area contributed by atoms with Gasteiger partial charge in [-0.3, -0.25) is 0 Å². The molecule has 1 aliphatic rings. The highest BCUT2D eigenvalue weighted by atomic mass is 16.6. The molecule has 0 amide bonds. The van der Waals surface area contributed by atoms with Crippen LogP contribution in [0.25, 0.3) is 0 Å². The third kappa shape index (κ3) is 6.47. The molecule has 0 N–H and O–H groups in total. The van der Waals surface area contributed by atoms with E-state index >= 15 is 0 Å². The molecule has 10 heteroatoms. The van der Waals surface area contributed by atoms with E-state index in [4.69, 9.17) is 33.2 Å². The number of hydrogen-bond donors (Lipinski definition) is 0. The van der Waals surface area contributed by atoms with Crippen LogP contribution in [0.2, 0.25) is 0 Å². The van der Waals surface area contributed by atoms with E-state index in [2.05, 4.69) is 0 Å². The van der Waals surface area contributed by atoms with Crippen molar-refractivity contribution in [3.63, 3.8) is 0 Å². The first-order valence-corrected chi connectivity index (χ1v) is 10.6. The average molecular weight is 463 g/mol. The van der Waals surface area contributed by atoms with E-state index in [1.807, 2.05) is 30.3 Å². The van der Waals surface area contributed by atoms with Gasteiger partial charge in [-0.05, 0) is 5.56 Å². The first kappa shape index (κ1) is 24.6. The van der Waals surface area contributed by atoms with Crippen molar-refractivity contribution in [1.29, 1.82) is 0 Å². The summed E-state index contributed by atoms with van der Waals surface area (Å²) < 4.78 is 39.8. The number of hydrogen-bond acceptors (Lipinski definition) is 9. The summed E-state index contributed by atoms with van der Waals surface area (Å²) in [6.07, 6.45) is 0. The average Bonchev–Trinajstić information content (AvgIpc) is 3.13. The lowest BCUT2D eigenvalue weighted by Gasteiger charge is -2.12. The molecule has 3 rings (SSSR count). The Bertz CT molecular complexity index is 859. The van der Waals surface area contributed by atoms with Crippen molar-refractivity contribution >= 4 is 11.9 Å². The molecule has 0 spiro atoms. The van der Waals surface area contributed by atoms with E-state index in [-0.39, 0.29) is 55.9 Å². The monoisotopic (exact) mass is 463 g/mol. The highest BCUT2D eigenvalue weighted by molar-refractivity contribution is 5.99. The molecule has 1 aliphatic heterocycles. The minimum Gasteiger partial charge on any atom is -0.485 e. The van der Waals surface area contributed by atoms with E-state index in [0.29, 0.717) is 26.4 Å². The van der Waals surface area contributed by atoms with Crippen LogP contribution in [-0.4, -0.2) is 83.6 Å². The summed E-state index contributed by atoms with van der Waals surface area (Å²) >= 11 is 0. The SMILES string of the molecule is COC(=O)c1c2c(c(C(=O)OC)n1Cc1ccccc1)OCCOCCOCCOCCO2. The molecule has 180 valence electrons. The smallest absolute Gasteiger partial charge is 0.358 e. The first-order chi connectivity index (χ1) is 16.2. The second-order valence-corrected chi connectivity index (χ2v) is 6.94. The van der Waals surface area contributed by atoms with Gasteiger partial charge in [0.15, 0.2) is 22.9 Å². The standard InChI is InChI=1S/C23H29NO9/c1-27-22(25)18-20-21(33-15-13-31-11-9-29-8-10-30-12-14-32-20)19(23(26)28-2)24(18)16-17-6-4-3-5-7-17/h3-7H,8-16H2,1-2H3. The second kappa shape index (κ2) is 12.8. The summed E-state index contributed by atoms with van der Waals surface area (Å²) in [7, 11) is 2.52. The van der Waals surface area contributed by atoms with Crippen LogP contribution < -0.4 is 9.47 Å². The molecular formula is C23H29NO9. The lowest BCUT2D eigenvalue weighted by Crippen LogP contribution is -2.18. The van der Waals surface area contributed by atoms with Crippen LogP contribution in [0.1, 0.15) is 26.5 Å². The molecule has 0 unspecified atom stereocenters. The summed E-state index contributed by atoms with van der Waals surface area (Å²) in [5.41, 5.74) is 0.949. The molecule has 33 heavy (non-hydrogen) atoms. The van der Waals surface area contributed by atoms with Gasteiger partial charge in [0, 0.05) is 6.54 Å². The topological polar surface area (TPSA) is 104 Å². The third-order valence-electron chi connectivity index (χ3n) is 4.81. The number of aromatic nitrogens is 1. The zero-order valence-corrected chi connectivity index (χ0v) is 18.9. The fourth-order valence-electron chi connectivity index (χ4n) is 3.31. The predicted molar refractivity (Wildman–Crippen MR) is 116 cm³/mol. The number of benzene rings is 1. The molecule has 2 aromatic rings. The molecule has 1 aromatic carbocycles. The maximum absolute atomic E-state index is 12.8. The van der Waals surface area contributed by atoms with Gasteiger partial charge >= 0.3 is 11.9 Å². The van der Waals surface area contributed by atoms with E-state index < -0.39 is 11.9 Å². The summed E-state index contributed by atoms with van der Waals surface area (Å²) in [5, 5.41) is 0. The minimum absolute atomic E-state index is 0.0466. The number of ether oxygens (including phenoxy) is 7. The minimum atomic E-state index is -0.676. The lowest BCUT2D eigenvalue weighted by molar-refractivity contribution is 0.00689. The molecule has 10 nitrogen and oxygen atoms in total. The van der Waals surface area contributed by atoms with Crippen molar-refractivity contribution in [1.82, 2.24) is 4.57 Å². The Morgan fingerprint density at radius 3 is 1.58 bits per heavy atom. The highest BCUT2D eigenvalue weighted by Gasteiger charge is 2.34. The molecule has 0 saturated heterocycles. The van der Waals surface area contributed by atoms with Gasteiger partial charge in [0.1, 0.15) is 13.2 Å². The van der Waals surface area contributed by atoms with E-state index in [0.717, 1.165) is 5.56 Å². The number of carbonyl (C=O) groups is 2. The highest BCUT2D eigenvalue weighted by Crippen LogP contribution is 2.40. The number of esters is 2. The van der Waals surface area contributed by atoms with Crippen molar-refractivity contribution in [2.75, 3.05) is 67.1 Å². The summed E-state index contributed by atoms with van der Waals surface area (Å²) in [4.78, 5) is 25.7. The van der Waals surface area contributed by atoms with Crippen molar-refractivity contribution < 1.29 is 42.7 Å². The Hall–Kier alpha value is -3.08. The van der Waals surface area contributed by atoms with Crippen molar-refractivity contribution in [3.05, 3.63) is 47.3 Å². The van der Waals surface area contributed by atoms with Crippen LogP contribution in [0.4, 0.5) is 0 Å². The molecule has 0 aliphatic carbocycles. The molecule has 0 saturated carbocycles. The zero-order valence-electron chi connectivity index (χ0n) is 18.9. The summed E-state index contributed by atoms with van der Waals surface area (Å²) in [6, 6.07) is 9.37. The van der Waals surface area contributed by atoms with Gasteiger partial charge < -0.3 is 37.7 Å². The third-order valence-corrected chi connectivity index (χ3v) is 4.81. The van der Waals surface area contributed by atoms with E-state index in [1.54, 1.807) is 0 Å². The molecule has 2 heterocycles. The number of nitrogens with zero attached hydrogens (tertiary/aromatic N) is 1. The van der Waals surface area contributed by atoms with Gasteiger partial charge in [0.2, 0.25) is 0 Å². The Morgan fingerprint density at radius 1 is 0.727 bits per heavy atom. The van der Waals surface area contributed by atoms with Crippen molar-refractivity contribution in [3.8, 4) is 11.5 Å². The Kier molecular flexibility index (Phi) is 9.55. The van der Waals surface area contributed by atoms with Crippen LogP contribution in [0.3, 0.4) is 0 Å². The van der Waals surface area contributed by atoms with Crippen molar-refractivity contribution in [2.45, 2.75) is 6.54 Å². The fraction of sp³-hybridized carbons (Fsp3) is 0.478. The van der Waals surface area contributed by atoms with Crippen molar-refractivity contribution in [2.24, 2.45) is 0 Å². The van der Waals surface area contributed by atoms with Gasteiger partial charge in [-0.15, -0.1) is 0 Å². The van der Waals surface area contributed by atoms with E-state index in [9.17, 15) is 9.59 Å². The maximum Gasteiger partial charge on any atom is 0.358 e. The number of carbonyl (C=O) groups excluding carboxylic acids is 2. The largest absolute Gasteiger partial charge is 0.485 e. The Labute approximate surface area is 192 Å². The Balaban J connectivity index is 2.07. The van der Waals surface area contributed by atoms with Crippen LogP contribution in [-0.2, 0) is 30.2 Å². The number of rotatable bonds is 4. The van der Waals surface area contributed by atoms with Crippen LogP contribution in [0.15, 0.2) is 30.3 Å². The molecule has 0 bridgehead atoms. The van der Waals surface area contributed by atoms with Gasteiger partial charge in [-0.1, -0.05) is 30.3 Å². The van der Waals surface area contributed by atoms with Crippen LogP contribution in [0, 0.1) is 0 Å². The fourth-order valence-corrected chi connectivity index (χ4v) is 3.31. The normalized spacial score (nSPS) is 15.7. The van der Waals surface area contributed by atoms with Gasteiger partial charge in [-0.25, -0.2) is 9.59 Å². The van der Waals surface area contributed by atoms with Gasteiger partial charge in [0.25, 0.3) is 0 Å². The van der Waals surface area contributed by atoms with E-state index in [1.165, 1.54) is 18.8 Å². The lowest BCUT2D eigenvalue weighted by atomic mass is 10.2. The summed E-state index contributed by atoms with van der Waals surface area (Å²) in [5.74, 6) is -1.17.